The SMILES string of the molecule is CC(C(=O)Nc1ccc(S(=O)(=O)Nc2ncccn2)cc1)n1nc(C(F)F)cc1C(F)F. The quantitative estimate of drug-likeness (QED) is 0.484. The Bertz CT molecular complexity index is 1190. The van der Waals surface area contributed by atoms with Gasteiger partial charge < -0.3 is 5.32 Å². The minimum atomic E-state index is -3.99. The molecule has 0 bridgehead atoms. The lowest BCUT2D eigenvalue weighted by Crippen LogP contribution is -2.26. The number of benzene rings is 1. The fourth-order valence-electron chi connectivity index (χ4n) is 2.61. The Morgan fingerprint density at radius 2 is 1.66 bits per heavy atom. The van der Waals surface area contributed by atoms with Crippen LogP contribution in [0.4, 0.5) is 29.2 Å². The van der Waals surface area contributed by atoms with Gasteiger partial charge in [0, 0.05) is 18.1 Å². The van der Waals surface area contributed by atoms with Crippen LogP contribution >= 0.6 is 0 Å². The number of carbonyl (C=O) groups excluding carboxylic acids is 1. The lowest BCUT2D eigenvalue weighted by atomic mass is 10.2. The third kappa shape index (κ3) is 5.19. The highest BCUT2D eigenvalue weighted by Gasteiger charge is 2.27. The van der Waals surface area contributed by atoms with E-state index in [1.165, 1.54) is 49.6 Å². The van der Waals surface area contributed by atoms with Crippen molar-refractivity contribution in [2.45, 2.75) is 30.7 Å². The van der Waals surface area contributed by atoms with E-state index in [0.717, 1.165) is 0 Å². The van der Waals surface area contributed by atoms with E-state index in [0.29, 0.717) is 10.7 Å². The first-order valence-corrected chi connectivity index (χ1v) is 10.4. The molecule has 14 heteroatoms. The molecule has 0 saturated carbocycles. The molecule has 0 saturated heterocycles. The number of hydrogen-bond acceptors (Lipinski definition) is 6. The topological polar surface area (TPSA) is 119 Å². The van der Waals surface area contributed by atoms with Crippen LogP contribution in [0.2, 0.25) is 0 Å². The normalized spacial score (nSPS) is 12.7. The summed E-state index contributed by atoms with van der Waals surface area (Å²) in [5.74, 6) is -0.946. The summed E-state index contributed by atoms with van der Waals surface area (Å²) in [6, 6.07) is 5.64. The predicted molar refractivity (Wildman–Crippen MR) is 105 cm³/mol. The van der Waals surface area contributed by atoms with Crippen LogP contribution in [-0.4, -0.2) is 34.1 Å². The maximum atomic E-state index is 13.2. The zero-order chi connectivity index (χ0) is 23.5. The first-order chi connectivity index (χ1) is 15.1. The van der Waals surface area contributed by atoms with Gasteiger partial charge in [-0.15, -0.1) is 0 Å². The number of rotatable bonds is 8. The van der Waals surface area contributed by atoms with Crippen molar-refractivity contribution >= 4 is 27.6 Å². The summed E-state index contributed by atoms with van der Waals surface area (Å²) >= 11 is 0. The summed E-state index contributed by atoms with van der Waals surface area (Å²) < 4.78 is 79.4. The van der Waals surface area contributed by atoms with Crippen LogP contribution < -0.4 is 10.0 Å². The molecule has 0 spiro atoms. The number of sulfonamides is 1. The van der Waals surface area contributed by atoms with Gasteiger partial charge in [-0.2, -0.15) is 5.10 Å². The molecule has 2 heterocycles. The fraction of sp³-hybridized carbons (Fsp3) is 0.222. The molecule has 32 heavy (non-hydrogen) atoms. The van der Waals surface area contributed by atoms with Crippen molar-refractivity contribution in [1.29, 1.82) is 0 Å². The molecule has 1 atom stereocenters. The Kier molecular flexibility index (Phi) is 6.72. The van der Waals surface area contributed by atoms with Crippen molar-refractivity contribution in [3.8, 4) is 0 Å². The smallest absolute Gasteiger partial charge is 0.282 e. The van der Waals surface area contributed by atoms with Crippen LogP contribution in [0.3, 0.4) is 0 Å². The van der Waals surface area contributed by atoms with Crippen LogP contribution in [0.25, 0.3) is 0 Å². The van der Waals surface area contributed by atoms with Gasteiger partial charge in [0.25, 0.3) is 22.9 Å². The number of halogens is 4. The number of hydrogen-bond donors (Lipinski definition) is 2. The van der Waals surface area contributed by atoms with Crippen LogP contribution in [-0.2, 0) is 14.8 Å². The van der Waals surface area contributed by atoms with Gasteiger partial charge in [-0.05, 0) is 43.3 Å². The largest absolute Gasteiger partial charge is 0.324 e. The monoisotopic (exact) mass is 472 g/mol. The maximum absolute atomic E-state index is 13.2. The van der Waals surface area contributed by atoms with Crippen molar-refractivity contribution in [2.75, 3.05) is 10.0 Å². The lowest BCUT2D eigenvalue weighted by Gasteiger charge is -2.15. The molecule has 1 amide bonds. The summed E-state index contributed by atoms with van der Waals surface area (Å²) in [6.45, 7) is 1.21. The molecule has 1 aromatic carbocycles. The minimum absolute atomic E-state index is 0.129. The van der Waals surface area contributed by atoms with Gasteiger partial charge in [0.05, 0.1) is 4.90 Å². The van der Waals surface area contributed by atoms with Gasteiger partial charge in [0.15, 0.2) is 0 Å². The van der Waals surface area contributed by atoms with Crippen molar-refractivity contribution in [2.24, 2.45) is 0 Å². The van der Waals surface area contributed by atoms with Crippen molar-refractivity contribution < 1.29 is 30.8 Å². The van der Waals surface area contributed by atoms with Gasteiger partial charge >= 0.3 is 0 Å². The zero-order valence-electron chi connectivity index (χ0n) is 16.3. The minimum Gasteiger partial charge on any atom is -0.324 e. The number of nitrogens with zero attached hydrogens (tertiary/aromatic N) is 4. The Morgan fingerprint density at radius 1 is 1.03 bits per heavy atom. The van der Waals surface area contributed by atoms with Crippen molar-refractivity contribution in [3.63, 3.8) is 0 Å². The molecule has 3 rings (SSSR count). The van der Waals surface area contributed by atoms with E-state index in [1.54, 1.807) is 0 Å². The number of anilines is 2. The Balaban J connectivity index is 1.73. The highest BCUT2D eigenvalue weighted by molar-refractivity contribution is 7.92. The average molecular weight is 472 g/mol. The second kappa shape index (κ2) is 9.30. The molecule has 170 valence electrons. The first kappa shape index (κ1) is 23.1. The molecular weight excluding hydrogens is 456 g/mol. The fourth-order valence-corrected chi connectivity index (χ4v) is 3.57. The van der Waals surface area contributed by atoms with Crippen LogP contribution in [0.1, 0.15) is 37.2 Å². The first-order valence-electron chi connectivity index (χ1n) is 8.95. The zero-order valence-corrected chi connectivity index (χ0v) is 17.1. The number of aromatic nitrogens is 4. The number of nitrogens with one attached hydrogen (secondary N) is 2. The van der Waals surface area contributed by atoms with E-state index < -0.39 is 46.2 Å². The van der Waals surface area contributed by atoms with E-state index in [1.807, 2.05) is 0 Å². The third-order valence-corrected chi connectivity index (χ3v) is 5.54. The van der Waals surface area contributed by atoms with E-state index >= 15 is 0 Å². The van der Waals surface area contributed by atoms with Gasteiger partial charge in [-0.25, -0.2) is 40.7 Å². The molecule has 0 fully saturated rings. The van der Waals surface area contributed by atoms with Gasteiger partial charge in [-0.1, -0.05) is 0 Å². The van der Waals surface area contributed by atoms with E-state index in [2.05, 4.69) is 25.1 Å². The molecule has 1 unspecified atom stereocenters. The lowest BCUT2D eigenvalue weighted by molar-refractivity contribution is -0.119. The second-order valence-corrected chi connectivity index (χ2v) is 8.09. The number of amides is 1. The van der Waals surface area contributed by atoms with Gasteiger partial charge in [-0.3, -0.25) is 9.48 Å². The van der Waals surface area contributed by atoms with Crippen LogP contribution in [0.5, 0.6) is 0 Å². The van der Waals surface area contributed by atoms with Crippen LogP contribution in [0, 0.1) is 0 Å². The molecule has 0 aliphatic rings. The predicted octanol–water partition coefficient (Wildman–Crippen LogP) is 3.55. The molecule has 0 radical (unpaired) electrons. The van der Waals surface area contributed by atoms with E-state index in [-0.39, 0.29) is 16.5 Å². The maximum Gasteiger partial charge on any atom is 0.282 e. The Labute approximate surface area is 179 Å². The van der Waals surface area contributed by atoms with E-state index in [4.69, 9.17) is 0 Å². The molecule has 3 aromatic rings. The summed E-state index contributed by atoms with van der Waals surface area (Å²) in [7, 11) is -3.99. The average Bonchev–Trinajstić information content (AvgIpc) is 3.20. The number of alkyl halides is 4. The number of carbonyl (C=O) groups is 1. The molecule has 9 nitrogen and oxygen atoms in total. The molecule has 2 aromatic heterocycles. The molecule has 2 N–H and O–H groups in total. The van der Waals surface area contributed by atoms with Crippen molar-refractivity contribution in [1.82, 2.24) is 19.7 Å². The summed E-state index contributed by atoms with van der Waals surface area (Å²) in [5, 5.41) is 5.81. The van der Waals surface area contributed by atoms with Gasteiger partial charge in [0.2, 0.25) is 11.9 Å². The van der Waals surface area contributed by atoms with E-state index in [9.17, 15) is 30.8 Å². The Morgan fingerprint density at radius 3 is 2.22 bits per heavy atom. The molecular formula is C18H16F4N6O3S. The summed E-state index contributed by atoms with van der Waals surface area (Å²) in [6.07, 6.45) is -3.48. The highest BCUT2D eigenvalue weighted by Crippen LogP contribution is 2.28. The Hall–Kier alpha value is -3.55. The van der Waals surface area contributed by atoms with Crippen LogP contribution in [0.15, 0.2) is 53.7 Å². The standard InChI is InChI=1S/C18H16F4N6O3S/c1-10(28-14(16(21)22)9-13(26-28)15(19)20)17(29)25-11-3-5-12(6-4-11)32(30,31)27-18-23-7-2-8-24-18/h2-10,15-16H,1H3,(H,25,29)(H,23,24,27). The third-order valence-electron chi connectivity index (χ3n) is 4.20. The van der Waals surface area contributed by atoms with Crippen molar-refractivity contribution in [3.05, 3.63) is 60.2 Å². The molecule has 0 aliphatic carbocycles. The second-order valence-electron chi connectivity index (χ2n) is 6.41. The molecule has 0 aliphatic heterocycles. The summed E-state index contributed by atoms with van der Waals surface area (Å²) in [4.78, 5) is 19.8. The summed E-state index contributed by atoms with van der Waals surface area (Å²) in [5.41, 5.74) is -1.54. The van der Waals surface area contributed by atoms with Gasteiger partial charge in [0.1, 0.15) is 17.4 Å². The highest BCUT2D eigenvalue weighted by atomic mass is 32.2.